The van der Waals surface area contributed by atoms with Gasteiger partial charge in [-0.15, -0.1) is 0 Å². The Morgan fingerprint density at radius 3 is 2.00 bits per heavy atom. The number of nitrogens with zero attached hydrogens (tertiary/aromatic N) is 1. The van der Waals surface area contributed by atoms with E-state index >= 15 is 0 Å². The molecule has 1 saturated carbocycles. The molecule has 1 atom stereocenters. The Labute approximate surface area is 121 Å². The van der Waals surface area contributed by atoms with E-state index in [9.17, 15) is 0 Å². The van der Waals surface area contributed by atoms with Gasteiger partial charge in [0.2, 0.25) is 0 Å². The van der Waals surface area contributed by atoms with Crippen LogP contribution in [-0.4, -0.2) is 37.1 Å². The van der Waals surface area contributed by atoms with Crippen molar-refractivity contribution < 1.29 is 0 Å². The highest BCUT2D eigenvalue weighted by Crippen LogP contribution is 2.26. The highest BCUT2D eigenvalue weighted by molar-refractivity contribution is 4.87. The average molecular weight is 268 g/mol. The van der Waals surface area contributed by atoms with Gasteiger partial charge >= 0.3 is 0 Å². The summed E-state index contributed by atoms with van der Waals surface area (Å²) >= 11 is 0. The third-order valence-corrected chi connectivity index (χ3v) is 4.10. The molecule has 0 amide bonds. The molecule has 1 fully saturated rings. The third kappa shape index (κ3) is 7.31. The molecule has 1 N–H and O–H groups in total. The van der Waals surface area contributed by atoms with E-state index in [0.29, 0.717) is 5.41 Å². The standard InChI is InChI=1S/C17H36N2/c1-7-17(6,12-18-16-8-9-16)13-19(10-14(2)3)11-15(4)5/h14-16,18H,7-13H2,1-6H3. The van der Waals surface area contributed by atoms with E-state index in [1.165, 1.54) is 45.4 Å². The number of rotatable bonds is 10. The van der Waals surface area contributed by atoms with E-state index in [1.807, 2.05) is 0 Å². The molecule has 114 valence electrons. The van der Waals surface area contributed by atoms with E-state index in [0.717, 1.165) is 17.9 Å². The molecule has 0 aromatic heterocycles. The van der Waals surface area contributed by atoms with Crippen LogP contribution in [0, 0.1) is 17.3 Å². The molecule has 1 aliphatic carbocycles. The Hall–Kier alpha value is -0.0800. The van der Waals surface area contributed by atoms with Crippen molar-refractivity contribution >= 4 is 0 Å². The number of hydrogen-bond acceptors (Lipinski definition) is 2. The smallest absolute Gasteiger partial charge is 0.00684 e. The van der Waals surface area contributed by atoms with Gasteiger partial charge in [-0.3, -0.25) is 0 Å². The van der Waals surface area contributed by atoms with Crippen LogP contribution in [-0.2, 0) is 0 Å². The molecule has 0 radical (unpaired) electrons. The summed E-state index contributed by atoms with van der Waals surface area (Å²) in [4.78, 5) is 2.69. The first-order valence-corrected chi connectivity index (χ1v) is 8.30. The van der Waals surface area contributed by atoms with Crippen LogP contribution in [0.15, 0.2) is 0 Å². The highest BCUT2D eigenvalue weighted by atomic mass is 15.1. The maximum Gasteiger partial charge on any atom is 0.00684 e. The van der Waals surface area contributed by atoms with Gasteiger partial charge < -0.3 is 10.2 Å². The fourth-order valence-electron chi connectivity index (χ4n) is 2.75. The van der Waals surface area contributed by atoms with Crippen LogP contribution >= 0.6 is 0 Å². The van der Waals surface area contributed by atoms with E-state index < -0.39 is 0 Å². The Bertz CT molecular complexity index is 236. The second-order valence-corrected chi connectivity index (χ2v) is 7.80. The molecular weight excluding hydrogens is 232 g/mol. The summed E-state index contributed by atoms with van der Waals surface area (Å²) in [5, 5.41) is 3.73. The first-order valence-electron chi connectivity index (χ1n) is 8.30. The fourth-order valence-corrected chi connectivity index (χ4v) is 2.75. The van der Waals surface area contributed by atoms with Crippen molar-refractivity contribution in [1.82, 2.24) is 10.2 Å². The van der Waals surface area contributed by atoms with Crippen molar-refractivity contribution in [3.8, 4) is 0 Å². The summed E-state index contributed by atoms with van der Waals surface area (Å²) in [5.74, 6) is 1.52. The maximum atomic E-state index is 3.73. The van der Waals surface area contributed by atoms with Gasteiger partial charge in [-0.25, -0.2) is 0 Å². The summed E-state index contributed by atoms with van der Waals surface area (Å²) in [6.07, 6.45) is 4.04. The Morgan fingerprint density at radius 1 is 1.11 bits per heavy atom. The van der Waals surface area contributed by atoms with E-state index in [4.69, 9.17) is 0 Å². The molecule has 0 heterocycles. The molecule has 0 aromatic carbocycles. The van der Waals surface area contributed by atoms with E-state index in [1.54, 1.807) is 0 Å². The Morgan fingerprint density at radius 2 is 1.63 bits per heavy atom. The molecular formula is C17H36N2. The summed E-state index contributed by atoms with van der Waals surface area (Å²) in [6, 6.07) is 0.828. The molecule has 1 aliphatic rings. The molecule has 0 aromatic rings. The summed E-state index contributed by atoms with van der Waals surface area (Å²) in [7, 11) is 0. The molecule has 0 saturated heterocycles. The lowest BCUT2D eigenvalue weighted by Crippen LogP contribution is -2.44. The third-order valence-electron chi connectivity index (χ3n) is 4.10. The molecule has 0 aliphatic heterocycles. The lowest BCUT2D eigenvalue weighted by Gasteiger charge is -2.37. The molecule has 0 spiro atoms. The highest BCUT2D eigenvalue weighted by Gasteiger charge is 2.29. The lowest BCUT2D eigenvalue weighted by molar-refractivity contribution is 0.130. The van der Waals surface area contributed by atoms with Crippen LogP contribution < -0.4 is 5.32 Å². The van der Waals surface area contributed by atoms with Gasteiger partial charge in [0.1, 0.15) is 0 Å². The average Bonchev–Trinajstić information content (AvgIpc) is 3.08. The molecule has 1 unspecified atom stereocenters. The Balaban J connectivity index is 2.49. The molecule has 1 rings (SSSR count). The second-order valence-electron chi connectivity index (χ2n) is 7.80. The van der Waals surface area contributed by atoms with Crippen molar-refractivity contribution in [3.63, 3.8) is 0 Å². The predicted molar refractivity (Wildman–Crippen MR) is 85.5 cm³/mol. The zero-order valence-electron chi connectivity index (χ0n) is 14.1. The van der Waals surface area contributed by atoms with Crippen LogP contribution in [0.4, 0.5) is 0 Å². The Kier molecular flexibility index (Phi) is 6.82. The maximum absolute atomic E-state index is 3.73. The van der Waals surface area contributed by atoms with E-state index in [-0.39, 0.29) is 0 Å². The van der Waals surface area contributed by atoms with Gasteiger partial charge in [-0.1, -0.05) is 41.5 Å². The van der Waals surface area contributed by atoms with Crippen molar-refractivity contribution in [2.24, 2.45) is 17.3 Å². The van der Waals surface area contributed by atoms with Gasteiger partial charge in [0.25, 0.3) is 0 Å². The van der Waals surface area contributed by atoms with Crippen molar-refractivity contribution in [3.05, 3.63) is 0 Å². The quantitative estimate of drug-likeness (QED) is 0.649. The van der Waals surface area contributed by atoms with Gasteiger partial charge in [-0.2, -0.15) is 0 Å². The van der Waals surface area contributed by atoms with Crippen molar-refractivity contribution in [2.45, 2.75) is 66.8 Å². The van der Waals surface area contributed by atoms with Crippen LogP contribution in [0.2, 0.25) is 0 Å². The zero-order valence-corrected chi connectivity index (χ0v) is 14.1. The topological polar surface area (TPSA) is 15.3 Å². The van der Waals surface area contributed by atoms with Crippen LogP contribution in [0.1, 0.15) is 60.8 Å². The molecule has 19 heavy (non-hydrogen) atoms. The number of hydrogen-bond donors (Lipinski definition) is 1. The minimum absolute atomic E-state index is 0.423. The summed E-state index contributed by atoms with van der Waals surface area (Å²) in [5.41, 5.74) is 0.423. The normalized spacial score (nSPS) is 19.4. The monoisotopic (exact) mass is 268 g/mol. The van der Waals surface area contributed by atoms with Crippen molar-refractivity contribution in [2.75, 3.05) is 26.2 Å². The molecule has 0 bridgehead atoms. The fraction of sp³-hybridized carbons (Fsp3) is 1.00. The zero-order chi connectivity index (χ0) is 14.5. The van der Waals surface area contributed by atoms with Gasteiger partial charge in [0.15, 0.2) is 0 Å². The summed E-state index contributed by atoms with van der Waals surface area (Å²) in [6.45, 7) is 19.0. The van der Waals surface area contributed by atoms with Gasteiger partial charge in [-0.05, 0) is 36.5 Å². The minimum atomic E-state index is 0.423. The van der Waals surface area contributed by atoms with Gasteiger partial charge in [0, 0.05) is 32.2 Å². The lowest BCUT2D eigenvalue weighted by atomic mass is 9.86. The van der Waals surface area contributed by atoms with Gasteiger partial charge in [0.05, 0.1) is 0 Å². The van der Waals surface area contributed by atoms with E-state index in [2.05, 4.69) is 51.8 Å². The largest absolute Gasteiger partial charge is 0.313 e. The first kappa shape index (κ1) is 17.0. The number of nitrogens with one attached hydrogen (secondary N) is 1. The van der Waals surface area contributed by atoms with Crippen LogP contribution in [0.25, 0.3) is 0 Å². The predicted octanol–water partition coefficient (Wildman–Crippen LogP) is 3.77. The second kappa shape index (κ2) is 7.64. The van der Waals surface area contributed by atoms with Crippen LogP contribution in [0.5, 0.6) is 0 Å². The SMILES string of the molecule is CCC(C)(CNC1CC1)CN(CC(C)C)CC(C)C. The minimum Gasteiger partial charge on any atom is -0.313 e. The molecule has 2 nitrogen and oxygen atoms in total. The van der Waals surface area contributed by atoms with Crippen molar-refractivity contribution in [1.29, 1.82) is 0 Å². The summed E-state index contributed by atoms with van der Waals surface area (Å²) < 4.78 is 0. The molecule has 2 heteroatoms. The first-order chi connectivity index (χ1) is 8.84. The van der Waals surface area contributed by atoms with Crippen LogP contribution in [0.3, 0.4) is 0 Å².